The Bertz CT molecular complexity index is 301. The first-order valence-corrected chi connectivity index (χ1v) is 5.82. The van der Waals surface area contributed by atoms with E-state index >= 15 is 0 Å². The molecule has 1 unspecified atom stereocenters. The third-order valence-corrected chi connectivity index (χ3v) is 2.29. The lowest BCUT2D eigenvalue weighted by Crippen LogP contribution is -2.38. The second-order valence-electron chi connectivity index (χ2n) is 4.43. The SMILES string of the molecule is COC(=O)CC(=O)NC(CC(=O)OC)CC(C)C. The summed E-state index contributed by atoms with van der Waals surface area (Å²) in [6.07, 6.45) is 0.399. The molecule has 1 atom stereocenters. The van der Waals surface area contributed by atoms with E-state index in [1.165, 1.54) is 14.2 Å². The van der Waals surface area contributed by atoms with Crippen LogP contribution in [0.3, 0.4) is 0 Å². The molecule has 0 saturated carbocycles. The lowest BCUT2D eigenvalue weighted by molar-refractivity contribution is -0.144. The molecule has 0 aromatic rings. The first-order chi connectivity index (χ1) is 8.38. The van der Waals surface area contributed by atoms with E-state index in [-0.39, 0.29) is 24.9 Å². The van der Waals surface area contributed by atoms with E-state index in [4.69, 9.17) is 0 Å². The molecule has 0 aliphatic carbocycles. The second-order valence-corrected chi connectivity index (χ2v) is 4.43. The minimum Gasteiger partial charge on any atom is -0.469 e. The minimum atomic E-state index is -0.603. The largest absolute Gasteiger partial charge is 0.469 e. The summed E-state index contributed by atoms with van der Waals surface area (Å²) < 4.78 is 8.96. The van der Waals surface area contributed by atoms with Crippen molar-refractivity contribution in [1.29, 1.82) is 0 Å². The van der Waals surface area contributed by atoms with Gasteiger partial charge in [-0.3, -0.25) is 14.4 Å². The van der Waals surface area contributed by atoms with Crippen molar-refractivity contribution in [2.45, 2.75) is 39.2 Å². The van der Waals surface area contributed by atoms with Crippen LogP contribution >= 0.6 is 0 Å². The van der Waals surface area contributed by atoms with Crippen LogP contribution < -0.4 is 5.32 Å². The third-order valence-electron chi connectivity index (χ3n) is 2.29. The maximum absolute atomic E-state index is 11.5. The molecule has 0 rings (SSSR count). The van der Waals surface area contributed by atoms with Gasteiger partial charge in [0.05, 0.1) is 20.6 Å². The lowest BCUT2D eigenvalue weighted by atomic mass is 10.0. The molecule has 0 spiro atoms. The molecule has 6 nitrogen and oxygen atoms in total. The summed E-state index contributed by atoms with van der Waals surface area (Å²) in [5.74, 6) is -1.12. The van der Waals surface area contributed by atoms with Crippen LogP contribution in [0.4, 0.5) is 0 Å². The zero-order chi connectivity index (χ0) is 14.1. The Hall–Kier alpha value is -1.59. The molecule has 0 aromatic carbocycles. The highest BCUT2D eigenvalue weighted by Gasteiger charge is 2.19. The van der Waals surface area contributed by atoms with E-state index in [1.807, 2.05) is 13.8 Å². The summed E-state index contributed by atoms with van der Waals surface area (Å²) in [4.78, 5) is 33.6. The van der Waals surface area contributed by atoms with Gasteiger partial charge in [-0.25, -0.2) is 0 Å². The summed E-state index contributed by atoms with van der Waals surface area (Å²) >= 11 is 0. The molecule has 18 heavy (non-hydrogen) atoms. The molecule has 0 aliphatic rings. The van der Waals surface area contributed by atoms with Crippen LogP contribution in [0.15, 0.2) is 0 Å². The predicted molar refractivity (Wildman–Crippen MR) is 64.7 cm³/mol. The molecule has 0 aliphatic heterocycles. The van der Waals surface area contributed by atoms with Gasteiger partial charge in [0.25, 0.3) is 0 Å². The lowest BCUT2D eigenvalue weighted by Gasteiger charge is -2.19. The minimum absolute atomic E-state index is 0.0988. The van der Waals surface area contributed by atoms with Crippen LogP contribution in [0, 0.1) is 5.92 Å². The molecular weight excluding hydrogens is 238 g/mol. The maximum atomic E-state index is 11.5. The number of ether oxygens (including phenoxy) is 2. The summed E-state index contributed by atoms with van der Waals surface area (Å²) in [5.41, 5.74) is 0. The quantitative estimate of drug-likeness (QED) is 0.536. The third kappa shape index (κ3) is 7.65. The van der Waals surface area contributed by atoms with E-state index in [0.29, 0.717) is 12.3 Å². The van der Waals surface area contributed by atoms with Gasteiger partial charge in [-0.1, -0.05) is 13.8 Å². The first kappa shape index (κ1) is 16.4. The van der Waals surface area contributed by atoms with Gasteiger partial charge < -0.3 is 14.8 Å². The highest BCUT2D eigenvalue weighted by Crippen LogP contribution is 2.09. The average Bonchev–Trinajstić information content (AvgIpc) is 2.27. The highest BCUT2D eigenvalue weighted by molar-refractivity contribution is 5.94. The Labute approximate surface area is 107 Å². The van der Waals surface area contributed by atoms with Crippen molar-refractivity contribution < 1.29 is 23.9 Å². The standard InChI is InChI=1S/C12H21NO5/c1-8(2)5-9(6-11(15)17-3)13-10(14)7-12(16)18-4/h8-9H,5-7H2,1-4H3,(H,13,14). The van der Waals surface area contributed by atoms with E-state index in [2.05, 4.69) is 14.8 Å². The van der Waals surface area contributed by atoms with Crippen molar-refractivity contribution in [3.05, 3.63) is 0 Å². The van der Waals surface area contributed by atoms with E-state index in [9.17, 15) is 14.4 Å². The Kier molecular flexibility index (Phi) is 7.74. The number of esters is 2. The molecule has 6 heteroatoms. The number of nitrogens with one attached hydrogen (secondary N) is 1. The van der Waals surface area contributed by atoms with Crippen LogP contribution in [0.25, 0.3) is 0 Å². The monoisotopic (exact) mass is 259 g/mol. The van der Waals surface area contributed by atoms with Gasteiger partial charge >= 0.3 is 11.9 Å². The molecule has 1 amide bonds. The van der Waals surface area contributed by atoms with Crippen molar-refractivity contribution in [2.75, 3.05) is 14.2 Å². The van der Waals surface area contributed by atoms with Crippen LogP contribution in [0.2, 0.25) is 0 Å². The van der Waals surface area contributed by atoms with Gasteiger partial charge in [-0.15, -0.1) is 0 Å². The molecule has 0 saturated heterocycles. The van der Waals surface area contributed by atoms with Crippen molar-refractivity contribution >= 4 is 17.8 Å². The van der Waals surface area contributed by atoms with Gasteiger partial charge in [-0.05, 0) is 12.3 Å². The Morgan fingerprint density at radius 2 is 1.61 bits per heavy atom. The summed E-state index contributed by atoms with van der Waals surface area (Å²) in [7, 11) is 2.51. The summed E-state index contributed by atoms with van der Waals surface area (Å²) in [6, 6.07) is -0.324. The smallest absolute Gasteiger partial charge is 0.315 e. The van der Waals surface area contributed by atoms with Crippen LogP contribution in [-0.2, 0) is 23.9 Å². The van der Waals surface area contributed by atoms with E-state index < -0.39 is 11.9 Å². The number of amides is 1. The van der Waals surface area contributed by atoms with Crippen molar-refractivity contribution in [3.63, 3.8) is 0 Å². The van der Waals surface area contributed by atoms with E-state index in [0.717, 1.165) is 0 Å². The number of methoxy groups -OCH3 is 2. The molecular formula is C12H21NO5. The normalized spacial score (nSPS) is 11.8. The summed E-state index contributed by atoms with van der Waals surface area (Å²) in [5, 5.41) is 2.64. The number of hydrogen-bond donors (Lipinski definition) is 1. The van der Waals surface area contributed by atoms with Crippen molar-refractivity contribution in [3.8, 4) is 0 Å². The first-order valence-electron chi connectivity index (χ1n) is 5.82. The van der Waals surface area contributed by atoms with Crippen LogP contribution in [-0.4, -0.2) is 38.1 Å². The zero-order valence-corrected chi connectivity index (χ0v) is 11.3. The Morgan fingerprint density at radius 3 is 2.06 bits per heavy atom. The number of rotatable bonds is 7. The molecule has 0 radical (unpaired) electrons. The predicted octanol–water partition coefficient (Wildman–Crippen LogP) is 0.643. The second kappa shape index (κ2) is 8.49. The van der Waals surface area contributed by atoms with Gasteiger partial charge in [0.2, 0.25) is 5.91 Å². The number of carbonyl (C=O) groups excluding carboxylic acids is 3. The van der Waals surface area contributed by atoms with Crippen LogP contribution in [0.5, 0.6) is 0 Å². The van der Waals surface area contributed by atoms with Gasteiger partial charge in [0.1, 0.15) is 6.42 Å². The molecule has 0 fully saturated rings. The van der Waals surface area contributed by atoms with Crippen molar-refractivity contribution in [2.24, 2.45) is 5.92 Å². The molecule has 1 N–H and O–H groups in total. The summed E-state index contributed by atoms with van der Waals surface area (Å²) in [6.45, 7) is 3.97. The molecule has 0 heterocycles. The van der Waals surface area contributed by atoms with Gasteiger partial charge in [0.15, 0.2) is 0 Å². The highest BCUT2D eigenvalue weighted by atomic mass is 16.5. The fraction of sp³-hybridized carbons (Fsp3) is 0.750. The molecule has 0 aromatic heterocycles. The van der Waals surface area contributed by atoms with Crippen LogP contribution in [0.1, 0.15) is 33.1 Å². The van der Waals surface area contributed by atoms with Gasteiger partial charge in [-0.2, -0.15) is 0 Å². The van der Waals surface area contributed by atoms with Gasteiger partial charge in [0, 0.05) is 6.04 Å². The Balaban J connectivity index is 4.34. The van der Waals surface area contributed by atoms with E-state index in [1.54, 1.807) is 0 Å². The number of carbonyl (C=O) groups is 3. The fourth-order valence-corrected chi connectivity index (χ4v) is 1.53. The maximum Gasteiger partial charge on any atom is 0.315 e. The number of hydrogen-bond acceptors (Lipinski definition) is 5. The molecule has 104 valence electrons. The zero-order valence-electron chi connectivity index (χ0n) is 11.3. The molecule has 0 bridgehead atoms. The average molecular weight is 259 g/mol. The fourth-order valence-electron chi connectivity index (χ4n) is 1.53. The van der Waals surface area contributed by atoms with Crippen molar-refractivity contribution in [1.82, 2.24) is 5.32 Å². The topological polar surface area (TPSA) is 81.7 Å². The Morgan fingerprint density at radius 1 is 1.06 bits per heavy atom.